The quantitative estimate of drug-likeness (QED) is 0.794. The molecule has 0 bridgehead atoms. The first-order valence-corrected chi connectivity index (χ1v) is 5.84. The molecule has 3 nitrogen and oxygen atoms in total. The van der Waals surface area contributed by atoms with Crippen LogP contribution in [0.4, 0.5) is 0 Å². The fraction of sp³-hybridized carbons (Fsp3) is 0.143. The molecule has 0 N–H and O–H groups in total. The molecular weight excluding hydrogens is 250 g/mol. The van der Waals surface area contributed by atoms with Crippen molar-refractivity contribution in [1.82, 2.24) is 4.98 Å². The van der Waals surface area contributed by atoms with Crippen molar-refractivity contribution in [3.8, 4) is 5.75 Å². The number of pyridine rings is 1. The lowest BCUT2D eigenvalue weighted by atomic mass is 10.0. The average molecular weight is 262 g/mol. The van der Waals surface area contributed by atoms with Crippen molar-refractivity contribution in [3.05, 3.63) is 58.9 Å². The molecule has 0 saturated heterocycles. The van der Waals surface area contributed by atoms with E-state index in [1.807, 2.05) is 12.1 Å². The summed E-state index contributed by atoms with van der Waals surface area (Å²) in [7, 11) is 1.53. The van der Waals surface area contributed by atoms with E-state index in [4.69, 9.17) is 16.3 Å². The lowest BCUT2D eigenvalue weighted by Gasteiger charge is -2.06. The van der Waals surface area contributed by atoms with Gasteiger partial charge in [-0.2, -0.15) is 0 Å². The van der Waals surface area contributed by atoms with E-state index in [0.29, 0.717) is 22.8 Å². The summed E-state index contributed by atoms with van der Waals surface area (Å²) in [6.45, 7) is 0. The molecule has 1 heterocycles. The smallest absolute Gasteiger partial charge is 0.167 e. The van der Waals surface area contributed by atoms with Crippen molar-refractivity contribution in [1.29, 1.82) is 0 Å². The van der Waals surface area contributed by atoms with Crippen molar-refractivity contribution in [2.75, 3.05) is 7.11 Å². The zero-order chi connectivity index (χ0) is 13.0. The van der Waals surface area contributed by atoms with E-state index < -0.39 is 0 Å². The van der Waals surface area contributed by atoms with Crippen LogP contribution in [0.5, 0.6) is 5.75 Å². The molecule has 0 aliphatic rings. The van der Waals surface area contributed by atoms with Gasteiger partial charge in [-0.1, -0.05) is 11.6 Å². The van der Waals surface area contributed by atoms with Gasteiger partial charge in [-0.15, -0.1) is 0 Å². The predicted molar refractivity (Wildman–Crippen MR) is 70.3 cm³/mol. The Bertz CT molecular complexity index is 555. The zero-order valence-electron chi connectivity index (χ0n) is 9.89. The van der Waals surface area contributed by atoms with Gasteiger partial charge < -0.3 is 4.74 Å². The summed E-state index contributed by atoms with van der Waals surface area (Å²) in [6.07, 6.45) is 3.68. The number of halogens is 1. The molecular formula is C14H12ClNO2. The first-order chi connectivity index (χ1) is 8.70. The third kappa shape index (κ3) is 2.87. The standard InChI is InChI=1S/C14H12ClNO2/c1-18-14-9-11(2-3-12(14)15)13(17)8-10-4-6-16-7-5-10/h2-7,9H,8H2,1H3. The molecule has 0 saturated carbocycles. The van der Waals surface area contributed by atoms with Crippen molar-refractivity contribution in [2.24, 2.45) is 0 Å². The number of ketones is 1. The second-order valence-corrected chi connectivity index (χ2v) is 4.21. The molecule has 0 radical (unpaired) electrons. The minimum atomic E-state index is 0.0242. The Balaban J connectivity index is 2.19. The Hall–Kier alpha value is -1.87. The molecule has 2 aromatic rings. The van der Waals surface area contributed by atoms with Gasteiger partial charge in [-0.25, -0.2) is 0 Å². The van der Waals surface area contributed by atoms with Crippen molar-refractivity contribution in [2.45, 2.75) is 6.42 Å². The van der Waals surface area contributed by atoms with Gasteiger partial charge >= 0.3 is 0 Å². The highest BCUT2D eigenvalue weighted by Gasteiger charge is 2.10. The van der Waals surface area contributed by atoms with Gasteiger partial charge in [-0.3, -0.25) is 9.78 Å². The molecule has 2 rings (SSSR count). The highest BCUT2D eigenvalue weighted by atomic mass is 35.5. The summed E-state index contributed by atoms with van der Waals surface area (Å²) >= 11 is 5.92. The van der Waals surface area contributed by atoms with Crippen molar-refractivity contribution in [3.63, 3.8) is 0 Å². The number of rotatable bonds is 4. The second kappa shape index (κ2) is 5.65. The number of benzene rings is 1. The average Bonchev–Trinajstić information content (AvgIpc) is 2.40. The maximum atomic E-state index is 12.1. The second-order valence-electron chi connectivity index (χ2n) is 3.80. The van der Waals surface area contributed by atoms with Crippen LogP contribution in [0.25, 0.3) is 0 Å². The number of methoxy groups -OCH3 is 1. The molecule has 0 unspecified atom stereocenters. The number of carbonyl (C=O) groups is 1. The fourth-order valence-corrected chi connectivity index (χ4v) is 1.82. The van der Waals surface area contributed by atoms with Gasteiger partial charge in [0.1, 0.15) is 5.75 Å². The summed E-state index contributed by atoms with van der Waals surface area (Å²) in [4.78, 5) is 16.0. The molecule has 0 atom stereocenters. The molecule has 0 amide bonds. The van der Waals surface area contributed by atoms with Crippen LogP contribution in [0.2, 0.25) is 5.02 Å². The highest BCUT2D eigenvalue weighted by Crippen LogP contribution is 2.25. The first kappa shape index (κ1) is 12.6. The normalized spacial score (nSPS) is 10.1. The maximum absolute atomic E-state index is 12.1. The SMILES string of the molecule is COc1cc(C(=O)Cc2ccncc2)ccc1Cl. The third-order valence-electron chi connectivity index (χ3n) is 2.59. The van der Waals surface area contributed by atoms with Gasteiger partial charge in [0.2, 0.25) is 0 Å². The van der Waals surface area contributed by atoms with E-state index in [1.165, 1.54) is 7.11 Å². The van der Waals surface area contributed by atoms with E-state index in [9.17, 15) is 4.79 Å². The number of nitrogens with zero attached hydrogens (tertiary/aromatic N) is 1. The first-order valence-electron chi connectivity index (χ1n) is 5.46. The lowest BCUT2D eigenvalue weighted by Crippen LogP contribution is -2.04. The van der Waals surface area contributed by atoms with E-state index in [2.05, 4.69) is 4.98 Å². The fourth-order valence-electron chi connectivity index (χ4n) is 1.62. The summed E-state index contributed by atoms with van der Waals surface area (Å²) < 4.78 is 5.09. The van der Waals surface area contributed by atoms with Gasteiger partial charge in [0.25, 0.3) is 0 Å². The number of Topliss-reactive ketones (excluding diaryl/α,β-unsaturated/α-hetero) is 1. The number of carbonyl (C=O) groups excluding carboxylic acids is 1. The van der Waals surface area contributed by atoms with E-state index in [1.54, 1.807) is 30.6 Å². The van der Waals surface area contributed by atoms with Crippen LogP contribution in [0, 0.1) is 0 Å². The Morgan fingerprint density at radius 3 is 2.67 bits per heavy atom. The zero-order valence-corrected chi connectivity index (χ0v) is 10.6. The van der Waals surface area contributed by atoms with Gasteiger partial charge in [0, 0.05) is 24.4 Å². The molecule has 0 aliphatic heterocycles. The Kier molecular flexibility index (Phi) is 3.95. The molecule has 1 aromatic heterocycles. The van der Waals surface area contributed by atoms with Crippen molar-refractivity contribution < 1.29 is 9.53 Å². The van der Waals surface area contributed by atoms with E-state index in [-0.39, 0.29) is 5.78 Å². The molecule has 92 valence electrons. The largest absolute Gasteiger partial charge is 0.495 e. The molecule has 0 spiro atoms. The van der Waals surface area contributed by atoms with Crippen LogP contribution in [0.1, 0.15) is 15.9 Å². The Labute approximate surface area is 110 Å². The summed E-state index contributed by atoms with van der Waals surface area (Å²) in [5.74, 6) is 0.536. The molecule has 0 aliphatic carbocycles. The van der Waals surface area contributed by atoms with Gasteiger partial charge in [-0.05, 0) is 35.9 Å². The number of hydrogen-bond acceptors (Lipinski definition) is 3. The Morgan fingerprint density at radius 2 is 2.00 bits per heavy atom. The minimum Gasteiger partial charge on any atom is -0.495 e. The number of ether oxygens (including phenoxy) is 1. The number of aromatic nitrogens is 1. The summed E-state index contributed by atoms with van der Waals surface area (Å²) in [5.41, 5.74) is 1.52. The summed E-state index contributed by atoms with van der Waals surface area (Å²) in [6, 6.07) is 8.68. The van der Waals surface area contributed by atoms with Gasteiger partial charge in [0.05, 0.1) is 12.1 Å². The molecule has 1 aromatic carbocycles. The van der Waals surface area contributed by atoms with E-state index >= 15 is 0 Å². The van der Waals surface area contributed by atoms with Crippen LogP contribution in [-0.4, -0.2) is 17.9 Å². The van der Waals surface area contributed by atoms with Crippen LogP contribution in [-0.2, 0) is 6.42 Å². The maximum Gasteiger partial charge on any atom is 0.167 e. The molecule has 4 heteroatoms. The lowest BCUT2D eigenvalue weighted by molar-refractivity contribution is 0.0992. The predicted octanol–water partition coefficient (Wildman–Crippen LogP) is 3.17. The molecule has 18 heavy (non-hydrogen) atoms. The van der Waals surface area contributed by atoms with Crippen molar-refractivity contribution >= 4 is 17.4 Å². The molecule has 0 fully saturated rings. The van der Waals surface area contributed by atoms with Crippen LogP contribution < -0.4 is 4.74 Å². The van der Waals surface area contributed by atoms with E-state index in [0.717, 1.165) is 5.56 Å². The van der Waals surface area contributed by atoms with Gasteiger partial charge in [0.15, 0.2) is 5.78 Å². The summed E-state index contributed by atoms with van der Waals surface area (Å²) in [5, 5.41) is 0.498. The van der Waals surface area contributed by atoms with Crippen LogP contribution >= 0.6 is 11.6 Å². The van der Waals surface area contributed by atoms with Crippen LogP contribution in [0.3, 0.4) is 0 Å². The topological polar surface area (TPSA) is 39.2 Å². The third-order valence-corrected chi connectivity index (χ3v) is 2.90. The highest BCUT2D eigenvalue weighted by molar-refractivity contribution is 6.32. The monoisotopic (exact) mass is 261 g/mol. The number of hydrogen-bond donors (Lipinski definition) is 0. The minimum absolute atomic E-state index is 0.0242. The van der Waals surface area contributed by atoms with Crippen LogP contribution in [0.15, 0.2) is 42.7 Å². The Morgan fingerprint density at radius 1 is 1.28 bits per heavy atom.